The third-order valence-electron chi connectivity index (χ3n) is 1.84. The van der Waals surface area contributed by atoms with Gasteiger partial charge in [-0.05, 0) is 25.6 Å². The second-order valence-electron chi connectivity index (χ2n) is 3.06. The maximum absolute atomic E-state index is 11.5. The molecule has 0 fully saturated rings. The van der Waals surface area contributed by atoms with Crippen molar-refractivity contribution in [2.45, 2.75) is 26.3 Å². The summed E-state index contributed by atoms with van der Waals surface area (Å²) in [4.78, 5) is 11.5. The Morgan fingerprint density at radius 1 is 1.69 bits per heavy atom. The van der Waals surface area contributed by atoms with Gasteiger partial charge in [-0.15, -0.1) is 0 Å². The monoisotopic (exact) mass is 181 g/mol. The number of carbonyl (C=O) groups excluding carboxylic acids is 1. The molecule has 1 unspecified atom stereocenters. The van der Waals surface area contributed by atoms with Crippen LogP contribution >= 0.6 is 0 Å². The molecule has 1 aromatic heterocycles. The molecule has 1 atom stereocenters. The fourth-order valence-corrected chi connectivity index (χ4v) is 1.24. The first-order chi connectivity index (χ1) is 6.24. The summed E-state index contributed by atoms with van der Waals surface area (Å²) in [6, 6.07) is 3.63. The number of ketones is 1. The van der Waals surface area contributed by atoms with Gasteiger partial charge in [-0.3, -0.25) is 4.79 Å². The van der Waals surface area contributed by atoms with Gasteiger partial charge in [-0.25, -0.2) is 0 Å². The van der Waals surface area contributed by atoms with Gasteiger partial charge < -0.3 is 9.73 Å². The van der Waals surface area contributed by atoms with E-state index >= 15 is 0 Å². The number of hydrogen-bond acceptors (Lipinski definition) is 3. The molecule has 1 aromatic rings. The Balaban J connectivity index is 2.42. The van der Waals surface area contributed by atoms with E-state index in [1.165, 1.54) is 6.26 Å². The molecular formula is C10H15NO2. The van der Waals surface area contributed by atoms with Gasteiger partial charge in [-0.2, -0.15) is 0 Å². The number of carbonyl (C=O) groups is 1. The third-order valence-corrected chi connectivity index (χ3v) is 1.84. The first-order valence-electron chi connectivity index (χ1n) is 4.54. The van der Waals surface area contributed by atoms with Crippen molar-refractivity contribution in [3.05, 3.63) is 24.2 Å². The highest BCUT2D eigenvalue weighted by molar-refractivity contribution is 5.93. The van der Waals surface area contributed by atoms with Crippen molar-refractivity contribution in [1.82, 2.24) is 5.32 Å². The molecule has 1 N–H and O–H groups in total. The largest absolute Gasteiger partial charge is 0.461 e. The van der Waals surface area contributed by atoms with Crippen LogP contribution in [0, 0.1) is 0 Å². The first-order valence-corrected chi connectivity index (χ1v) is 4.54. The van der Waals surface area contributed by atoms with Crippen LogP contribution in [-0.2, 0) is 0 Å². The second-order valence-corrected chi connectivity index (χ2v) is 3.06. The van der Waals surface area contributed by atoms with Crippen LogP contribution in [0.2, 0.25) is 0 Å². The average Bonchev–Trinajstić information content (AvgIpc) is 2.55. The van der Waals surface area contributed by atoms with Crippen LogP contribution in [0.1, 0.15) is 30.8 Å². The summed E-state index contributed by atoms with van der Waals surface area (Å²) in [6.07, 6.45) is 2.01. The van der Waals surface area contributed by atoms with Crippen molar-refractivity contribution in [1.29, 1.82) is 0 Å². The van der Waals surface area contributed by atoms with Crippen molar-refractivity contribution in [2.24, 2.45) is 0 Å². The molecule has 0 aromatic carbocycles. The summed E-state index contributed by atoms with van der Waals surface area (Å²) in [5, 5.41) is 3.18. The number of Topliss-reactive ketones (excluding diaryl/α,β-unsaturated/α-hetero) is 1. The fraction of sp³-hybridized carbons (Fsp3) is 0.500. The predicted molar refractivity (Wildman–Crippen MR) is 50.8 cm³/mol. The summed E-state index contributed by atoms with van der Waals surface area (Å²) < 4.78 is 5.00. The molecular weight excluding hydrogens is 166 g/mol. The van der Waals surface area contributed by atoms with Gasteiger partial charge in [0.05, 0.1) is 6.26 Å². The van der Waals surface area contributed by atoms with Crippen molar-refractivity contribution < 1.29 is 9.21 Å². The van der Waals surface area contributed by atoms with Gasteiger partial charge in [-0.1, -0.05) is 6.92 Å². The molecule has 0 amide bonds. The number of hydrogen-bond donors (Lipinski definition) is 1. The maximum Gasteiger partial charge on any atom is 0.199 e. The van der Waals surface area contributed by atoms with E-state index in [9.17, 15) is 4.79 Å². The third kappa shape index (κ3) is 3.03. The fourth-order valence-electron chi connectivity index (χ4n) is 1.24. The van der Waals surface area contributed by atoms with Crippen molar-refractivity contribution in [3.63, 3.8) is 0 Å². The molecule has 0 saturated carbocycles. The van der Waals surface area contributed by atoms with Gasteiger partial charge >= 0.3 is 0 Å². The molecule has 1 rings (SSSR count). The molecule has 0 aliphatic carbocycles. The zero-order valence-corrected chi connectivity index (χ0v) is 8.04. The number of rotatable bonds is 5. The van der Waals surface area contributed by atoms with Crippen molar-refractivity contribution >= 4 is 5.78 Å². The average molecular weight is 181 g/mol. The summed E-state index contributed by atoms with van der Waals surface area (Å²) >= 11 is 0. The van der Waals surface area contributed by atoms with Crippen molar-refractivity contribution in [2.75, 3.05) is 6.54 Å². The number of nitrogens with one attached hydrogen (secondary N) is 1. The minimum absolute atomic E-state index is 0.0541. The summed E-state index contributed by atoms with van der Waals surface area (Å²) in [6.45, 7) is 4.89. The highest BCUT2D eigenvalue weighted by atomic mass is 16.3. The normalized spacial score (nSPS) is 12.8. The Bertz CT molecular complexity index is 254. The van der Waals surface area contributed by atoms with Crippen LogP contribution in [0.15, 0.2) is 22.8 Å². The Morgan fingerprint density at radius 2 is 2.46 bits per heavy atom. The van der Waals surface area contributed by atoms with E-state index in [0.717, 1.165) is 6.54 Å². The van der Waals surface area contributed by atoms with E-state index in [4.69, 9.17) is 4.42 Å². The molecule has 0 saturated heterocycles. The second kappa shape index (κ2) is 4.82. The minimum atomic E-state index is 0.0541. The highest BCUT2D eigenvalue weighted by Gasteiger charge is 2.12. The Morgan fingerprint density at radius 3 is 3.00 bits per heavy atom. The lowest BCUT2D eigenvalue weighted by Gasteiger charge is -2.09. The lowest BCUT2D eigenvalue weighted by Crippen LogP contribution is -2.28. The van der Waals surface area contributed by atoms with Crippen LogP contribution in [0.4, 0.5) is 0 Å². The highest BCUT2D eigenvalue weighted by Crippen LogP contribution is 2.05. The zero-order valence-electron chi connectivity index (χ0n) is 8.04. The van der Waals surface area contributed by atoms with E-state index in [1.807, 2.05) is 13.8 Å². The molecule has 3 nitrogen and oxygen atoms in total. The van der Waals surface area contributed by atoms with Crippen molar-refractivity contribution in [3.8, 4) is 0 Å². The van der Waals surface area contributed by atoms with Gasteiger partial charge in [0.1, 0.15) is 0 Å². The molecule has 3 heteroatoms. The van der Waals surface area contributed by atoms with E-state index in [-0.39, 0.29) is 11.8 Å². The van der Waals surface area contributed by atoms with Gasteiger partial charge in [0.15, 0.2) is 11.5 Å². The van der Waals surface area contributed by atoms with Crippen LogP contribution < -0.4 is 5.32 Å². The Hall–Kier alpha value is -1.09. The lowest BCUT2D eigenvalue weighted by molar-refractivity contribution is 0.0945. The topological polar surface area (TPSA) is 42.2 Å². The minimum Gasteiger partial charge on any atom is -0.461 e. The lowest BCUT2D eigenvalue weighted by atomic mass is 10.1. The Kier molecular flexibility index (Phi) is 3.71. The van der Waals surface area contributed by atoms with E-state index in [1.54, 1.807) is 12.1 Å². The quantitative estimate of drug-likeness (QED) is 0.705. The van der Waals surface area contributed by atoms with Crippen LogP contribution in [-0.4, -0.2) is 18.4 Å². The summed E-state index contributed by atoms with van der Waals surface area (Å²) in [5.74, 6) is 0.503. The molecule has 1 heterocycles. The smallest absolute Gasteiger partial charge is 0.199 e. The van der Waals surface area contributed by atoms with E-state index in [0.29, 0.717) is 12.2 Å². The van der Waals surface area contributed by atoms with E-state index < -0.39 is 0 Å². The molecule has 0 aliphatic heterocycles. The molecule has 72 valence electrons. The zero-order chi connectivity index (χ0) is 9.68. The van der Waals surface area contributed by atoms with Crippen LogP contribution in [0.3, 0.4) is 0 Å². The van der Waals surface area contributed by atoms with Gasteiger partial charge in [0.2, 0.25) is 0 Å². The molecule has 13 heavy (non-hydrogen) atoms. The standard InChI is InChI=1S/C10H15NO2/c1-3-11-8(2)7-9(12)10-5-4-6-13-10/h4-6,8,11H,3,7H2,1-2H3. The van der Waals surface area contributed by atoms with E-state index in [2.05, 4.69) is 5.32 Å². The van der Waals surface area contributed by atoms with Gasteiger partial charge in [0.25, 0.3) is 0 Å². The summed E-state index contributed by atoms with van der Waals surface area (Å²) in [7, 11) is 0. The Labute approximate surface area is 78.1 Å². The molecule has 0 spiro atoms. The molecule has 0 aliphatic rings. The summed E-state index contributed by atoms with van der Waals surface area (Å²) in [5.41, 5.74) is 0. The molecule has 0 bridgehead atoms. The molecule has 0 radical (unpaired) electrons. The van der Waals surface area contributed by atoms with Gasteiger partial charge in [0, 0.05) is 12.5 Å². The number of furan rings is 1. The first kappa shape index (κ1) is 9.99. The van der Waals surface area contributed by atoms with Crippen LogP contribution in [0.25, 0.3) is 0 Å². The van der Waals surface area contributed by atoms with Crippen LogP contribution in [0.5, 0.6) is 0 Å². The predicted octanol–water partition coefficient (Wildman–Crippen LogP) is 1.85. The SMILES string of the molecule is CCNC(C)CC(=O)c1ccco1. The maximum atomic E-state index is 11.5.